The molecule has 0 spiro atoms. The van der Waals surface area contributed by atoms with Crippen LogP contribution in [0.4, 0.5) is 0 Å². The summed E-state index contributed by atoms with van der Waals surface area (Å²) in [6.07, 6.45) is 11.0. The Labute approximate surface area is 146 Å². The Morgan fingerprint density at radius 3 is 1.43 bits per heavy atom. The Kier molecular flexibility index (Phi) is 8.80. The lowest BCUT2D eigenvalue weighted by Gasteiger charge is -2.09. The number of allylic oxidation sites excluding steroid dienone is 2. The first-order valence-electron chi connectivity index (χ1n) is 7.99. The topological polar surface area (TPSA) is 34.1 Å². The van der Waals surface area contributed by atoms with Crippen LogP contribution in [0.5, 0.6) is 0 Å². The fourth-order valence-electron chi connectivity index (χ4n) is 2.60. The molecule has 1 rings (SSSR count). The second-order valence-corrected chi connectivity index (χ2v) is 10.1. The van der Waals surface area contributed by atoms with Crippen LogP contribution in [-0.4, -0.2) is 8.42 Å². The molecule has 0 fully saturated rings. The molecule has 0 aromatic carbocycles. The molecule has 0 atom stereocenters. The Hall–Kier alpha value is 0.390. The third-order valence-corrected chi connectivity index (χ3v) is 8.82. The Balaban J connectivity index is 2.77. The summed E-state index contributed by atoms with van der Waals surface area (Å²) < 4.78 is 25.3. The molecule has 0 unspecified atom stereocenters. The average molecular weight is 442 g/mol. The average Bonchev–Trinajstić information content (AvgIpc) is 2.61. The van der Waals surface area contributed by atoms with Crippen LogP contribution >= 0.6 is 31.9 Å². The van der Waals surface area contributed by atoms with Gasteiger partial charge in [0, 0.05) is 0 Å². The lowest BCUT2D eigenvalue weighted by Crippen LogP contribution is -1.94. The number of unbranched alkanes of at least 4 members (excludes halogenated alkanes) is 6. The summed E-state index contributed by atoms with van der Waals surface area (Å²) >= 11 is 6.64. The van der Waals surface area contributed by atoms with Crippen LogP contribution in [0.1, 0.15) is 78.1 Å². The van der Waals surface area contributed by atoms with Gasteiger partial charge in [-0.3, -0.25) is 0 Å². The monoisotopic (exact) mass is 440 g/mol. The molecule has 1 heterocycles. The van der Waals surface area contributed by atoms with E-state index in [4.69, 9.17) is 0 Å². The van der Waals surface area contributed by atoms with Crippen LogP contribution in [0.2, 0.25) is 0 Å². The SMILES string of the molecule is CCCCCCC1=C(Br)S(=O)(=O)C(Br)=C1CCCCCC. The zero-order chi connectivity index (χ0) is 15.9. The maximum absolute atomic E-state index is 12.3. The van der Waals surface area contributed by atoms with Gasteiger partial charge in [0.15, 0.2) is 0 Å². The van der Waals surface area contributed by atoms with Gasteiger partial charge in [-0.2, -0.15) is 0 Å². The van der Waals surface area contributed by atoms with Crippen molar-refractivity contribution in [2.75, 3.05) is 0 Å². The summed E-state index contributed by atoms with van der Waals surface area (Å²) in [7, 11) is -3.29. The highest BCUT2D eigenvalue weighted by Gasteiger charge is 2.34. The van der Waals surface area contributed by atoms with Crippen molar-refractivity contribution < 1.29 is 8.42 Å². The van der Waals surface area contributed by atoms with E-state index in [0.29, 0.717) is 7.63 Å². The van der Waals surface area contributed by atoms with Crippen molar-refractivity contribution in [2.45, 2.75) is 78.1 Å². The fourth-order valence-corrected chi connectivity index (χ4v) is 6.35. The Bertz CT molecular complexity index is 464. The van der Waals surface area contributed by atoms with Crippen LogP contribution in [0.3, 0.4) is 0 Å². The number of rotatable bonds is 10. The molecule has 0 N–H and O–H groups in total. The quantitative estimate of drug-likeness (QED) is 0.359. The van der Waals surface area contributed by atoms with Crippen molar-refractivity contribution in [1.29, 1.82) is 0 Å². The molecule has 21 heavy (non-hydrogen) atoms. The Morgan fingerprint density at radius 2 is 1.10 bits per heavy atom. The van der Waals surface area contributed by atoms with Crippen molar-refractivity contribution in [1.82, 2.24) is 0 Å². The minimum atomic E-state index is -3.29. The van der Waals surface area contributed by atoms with Crippen molar-refractivity contribution in [3.05, 3.63) is 18.8 Å². The van der Waals surface area contributed by atoms with E-state index in [0.717, 1.165) is 36.8 Å². The molecule has 122 valence electrons. The molecule has 0 aliphatic carbocycles. The van der Waals surface area contributed by atoms with E-state index in [-0.39, 0.29) is 0 Å². The molecule has 1 aliphatic heterocycles. The van der Waals surface area contributed by atoms with E-state index < -0.39 is 9.84 Å². The number of sulfone groups is 1. The van der Waals surface area contributed by atoms with Crippen molar-refractivity contribution in [3.8, 4) is 0 Å². The normalized spacial score (nSPS) is 17.9. The minimum absolute atomic E-state index is 0.392. The first kappa shape index (κ1) is 19.4. The van der Waals surface area contributed by atoms with Gasteiger partial charge in [-0.1, -0.05) is 52.4 Å². The van der Waals surface area contributed by atoms with E-state index >= 15 is 0 Å². The van der Waals surface area contributed by atoms with Crippen molar-refractivity contribution in [2.24, 2.45) is 0 Å². The summed E-state index contributed by atoms with van der Waals surface area (Å²) in [5.41, 5.74) is 2.02. The largest absolute Gasteiger partial charge is 0.220 e. The third-order valence-electron chi connectivity index (χ3n) is 3.87. The molecular formula is C16H26Br2O2S. The Morgan fingerprint density at radius 1 is 0.714 bits per heavy atom. The molecule has 0 saturated heterocycles. The van der Waals surface area contributed by atoms with E-state index in [9.17, 15) is 8.42 Å². The van der Waals surface area contributed by atoms with Crippen LogP contribution in [0.15, 0.2) is 18.8 Å². The molecule has 1 aliphatic rings. The number of hydrogen-bond acceptors (Lipinski definition) is 2. The summed E-state index contributed by atoms with van der Waals surface area (Å²) in [5, 5.41) is 0. The van der Waals surface area contributed by atoms with Gasteiger partial charge in [-0.15, -0.1) is 0 Å². The smallest absolute Gasteiger partial charge is 0.217 e. The lowest BCUT2D eigenvalue weighted by molar-refractivity contribution is 0.612. The number of hydrogen-bond donors (Lipinski definition) is 0. The summed E-state index contributed by atoms with van der Waals surface area (Å²) in [4.78, 5) is 0. The van der Waals surface area contributed by atoms with E-state index in [1.165, 1.54) is 38.5 Å². The highest BCUT2D eigenvalue weighted by molar-refractivity contribution is 9.16. The van der Waals surface area contributed by atoms with E-state index in [1.807, 2.05) is 0 Å². The first-order chi connectivity index (χ1) is 9.96. The minimum Gasteiger partial charge on any atom is -0.217 e. The van der Waals surface area contributed by atoms with Gasteiger partial charge in [0.05, 0.1) is 0 Å². The van der Waals surface area contributed by atoms with Gasteiger partial charge in [0.25, 0.3) is 0 Å². The second kappa shape index (κ2) is 9.51. The molecule has 0 saturated carbocycles. The van der Waals surface area contributed by atoms with Gasteiger partial charge in [-0.05, 0) is 68.7 Å². The van der Waals surface area contributed by atoms with Crippen LogP contribution in [0.25, 0.3) is 0 Å². The fraction of sp³-hybridized carbons (Fsp3) is 0.750. The maximum Gasteiger partial charge on any atom is 0.220 e. The van der Waals surface area contributed by atoms with Crippen LogP contribution < -0.4 is 0 Å². The molecular weight excluding hydrogens is 416 g/mol. The van der Waals surface area contributed by atoms with E-state index in [2.05, 4.69) is 45.7 Å². The first-order valence-corrected chi connectivity index (χ1v) is 11.1. The maximum atomic E-state index is 12.3. The highest BCUT2D eigenvalue weighted by Crippen LogP contribution is 2.45. The third kappa shape index (κ3) is 5.21. The standard InChI is InChI=1S/C16H26Br2O2S/c1-3-5-7-9-11-13-14(12-10-8-6-4-2)16(18)21(19,20)15(13)17/h3-12H2,1-2H3. The summed E-state index contributed by atoms with van der Waals surface area (Å²) in [6.45, 7) is 4.37. The molecule has 0 aromatic heterocycles. The molecule has 2 nitrogen and oxygen atoms in total. The number of halogens is 2. The van der Waals surface area contributed by atoms with Crippen LogP contribution in [-0.2, 0) is 9.84 Å². The van der Waals surface area contributed by atoms with Gasteiger partial charge in [-0.25, -0.2) is 8.42 Å². The summed E-state index contributed by atoms with van der Waals surface area (Å²) in [6, 6.07) is 0. The van der Waals surface area contributed by atoms with Crippen LogP contribution in [0, 0.1) is 0 Å². The summed E-state index contributed by atoms with van der Waals surface area (Å²) in [5.74, 6) is 0. The molecule has 0 amide bonds. The zero-order valence-corrected chi connectivity index (χ0v) is 17.0. The predicted molar refractivity (Wildman–Crippen MR) is 98.3 cm³/mol. The van der Waals surface area contributed by atoms with Gasteiger partial charge < -0.3 is 0 Å². The predicted octanol–water partition coefficient (Wildman–Crippen LogP) is 6.57. The van der Waals surface area contributed by atoms with Gasteiger partial charge in [0.1, 0.15) is 7.63 Å². The molecule has 5 heteroatoms. The second-order valence-electron chi connectivity index (χ2n) is 5.63. The molecule has 0 radical (unpaired) electrons. The molecule has 0 aromatic rings. The van der Waals surface area contributed by atoms with Gasteiger partial charge in [0.2, 0.25) is 9.84 Å². The lowest BCUT2D eigenvalue weighted by atomic mass is 9.97. The van der Waals surface area contributed by atoms with Crippen molar-refractivity contribution in [3.63, 3.8) is 0 Å². The zero-order valence-electron chi connectivity index (χ0n) is 13.1. The van der Waals surface area contributed by atoms with Gasteiger partial charge >= 0.3 is 0 Å². The van der Waals surface area contributed by atoms with E-state index in [1.54, 1.807) is 0 Å². The molecule has 0 bridgehead atoms. The highest BCUT2D eigenvalue weighted by atomic mass is 79.9. The van der Waals surface area contributed by atoms with Crippen molar-refractivity contribution >= 4 is 41.7 Å².